The Morgan fingerprint density at radius 1 is 1.20 bits per heavy atom. The van der Waals surface area contributed by atoms with Crippen molar-refractivity contribution in [2.75, 3.05) is 5.75 Å². The summed E-state index contributed by atoms with van der Waals surface area (Å²) in [5.41, 5.74) is 5.11. The van der Waals surface area contributed by atoms with Crippen LogP contribution < -0.4 is 5.73 Å². The van der Waals surface area contributed by atoms with Gasteiger partial charge >= 0.3 is 6.03 Å². The first-order chi connectivity index (χ1) is 12.0. The zero-order chi connectivity index (χ0) is 18.7. The van der Waals surface area contributed by atoms with Gasteiger partial charge < -0.3 is 5.73 Å². The number of primary amides is 1. The lowest BCUT2D eigenvalue weighted by Crippen LogP contribution is -2.34. The summed E-state index contributed by atoms with van der Waals surface area (Å²) in [5, 5.41) is 10.2. The van der Waals surface area contributed by atoms with Gasteiger partial charge in [-0.1, -0.05) is 52.4 Å². The third-order valence-corrected chi connectivity index (χ3v) is 7.11. The first-order valence-corrected chi connectivity index (χ1v) is 11.3. The Labute approximate surface area is 161 Å². The van der Waals surface area contributed by atoms with Gasteiger partial charge in [-0.25, -0.2) is 4.79 Å². The summed E-state index contributed by atoms with van der Waals surface area (Å²) in [7, 11) is 0. The third-order valence-electron chi connectivity index (χ3n) is 4.54. The van der Waals surface area contributed by atoms with Gasteiger partial charge in [0, 0.05) is 4.88 Å². The fourth-order valence-corrected chi connectivity index (χ4v) is 5.14. The zero-order valence-electron chi connectivity index (χ0n) is 15.9. The molecule has 0 bridgehead atoms. The van der Waals surface area contributed by atoms with Crippen LogP contribution in [-0.4, -0.2) is 22.1 Å². The van der Waals surface area contributed by atoms with Crippen molar-refractivity contribution in [3.63, 3.8) is 0 Å². The molecule has 0 fully saturated rings. The standard InChI is InChI=1S/C19H34N2O2S2/c1-4-6-9-16(10-7-5-2)11-8-14-24-18-13-12-17(25-18)15(3)21(23)19(20)22/h12-13,15-16,23H,4-11,14H2,1-3H3,(H2,20,22). The molecule has 1 rings (SSSR count). The smallest absolute Gasteiger partial charge is 0.339 e. The Morgan fingerprint density at radius 2 is 1.80 bits per heavy atom. The number of carbonyl (C=O) groups excluding carboxylic acids is 1. The maximum atomic E-state index is 11.0. The minimum absolute atomic E-state index is 0.399. The second-order valence-corrected chi connectivity index (χ2v) is 9.17. The lowest BCUT2D eigenvalue weighted by molar-refractivity contribution is -0.0700. The molecule has 1 unspecified atom stereocenters. The van der Waals surface area contributed by atoms with E-state index >= 15 is 0 Å². The molecular weight excluding hydrogens is 352 g/mol. The number of thioether (sulfide) groups is 1. The van der Waals surface area contributed by atoms with E-state index in [1.807, 2.05) is 17.8 Å². The van der Waals surface area contributed by atoms with Crippen LogP contribution in [0.15, 0.2) is 16.3 Å². The normalized spacial score (nSPS) is 12.5. The zero-order valence-corrected chi connectivity index (χ0v) is 17.5. The van der Waals surface area contributed by atoms with E-state index in [1.54, 1.807) is 18.3 Å². The van der Waals surface area contributed by atoms with Crippen LogP contribution in [0.5, 0.6) is 0 Å². The molecule has 1 aromatic heterocycles. The Morgan fingerprint density at radius 3 is 2.36 bits per heavy atom. The molecule has 0 saturated heterocycles. The molecule has 0 aromatic carbocycles. The minimum Gasteiger partial charge on any atom is -0.350 e. The highest BCUT2D eigenvalue weighted by molar-refractivity contribution is 8.01. The molecule has 0 aliphatic heterocycles. The van der Waals surface area contributed by atoms with Crippen LogP contribution in [0.25, 0.3) is 0 Å². The topological polar surface area (TPSA) is 66.6 Å². The number of hydrogen-bond acceptors (Lipinski definition) is 4. The SMILES string of the molecule is CCCCC(CCCC)CCCSc1ccc(C(C)N(O)C(N)=O)s1. The maximum Gasteiger partial charge on any atom is 0.339 e. The molecule has 144 valence electrons. The summed E-state index contributed by atoms with van der Waals surface area (Å²) in [6, 6.07) is 2.82. The van der Waals surface area contributed by atoms with Gasteiger partial charge in [-0.3, -0.25) is 5.21 Å². The summed E-state index contributed by atoms with van der Waals surface area (Å²) < 4.78 is 1.23. The lowest BCUT2D eigenvalue weighted by atomic mass is 9.92. The van der Waals surface area contributed by atoms with Gasteiger partial charge in [-0.05, 0) is 43.6 Å². The van der Waals surface area contributed by atoms with E-state index in [4.69, 9.17) is 5.73 Å². The third kappa shape index (κ3) is 8.47. The van der Waals surface area contributed by atoms with Crippen molar-refractivity contribution in [1.29, 1.82) is 0 Å². The molecule has 6 heteroatoms. The van der Waals surface area contributed by atoms with E-state index in [1.165, 1.54) is 55.6 Å². The molecule has 0 aliphatic carbocycles. The number of urea groups is 1. The molecule has 1 heterocycles. The van der Waals surface area contributed by atoms with E-state index in [9.17, 15) is 10.0 Å². The van der Waals surface area contributed by atoms with Crippen molar-refractivity contribution in [1.82, 2.24) is 5.06 Å². The fraction of sp³-hybridized carbons (Fsp3) is 0.737. The van der Waals surface area contributed by atoms with Crippen LogP contribution in [0.1, 0.15) is 83.1 Å². The Balaban J connectivity index is 2.36. The number of hydroxylamine groups is 2. The Hall–Kier alpha value is -0.720. The summed E-state index contributed by atoms with van der Waals surface area (Å²) in [6.07, 6.45) is 10.6. The summed E-state index contributed by atoms with van der Waals surface area (Å²) in [4.78, 5) is 12.0. The van der Waals surface area contributed by atoms with Crippen molar-refractivity contribution in [2.24, 2.45) is 11.7 Å². The largest absolute Gasteiger partial charge is 0.350 e. The van der Waals surface area contributed by atoms with Gasteiger partial charge in [0.05, 0.1) is 10.3 Å². The molecule has 0 saturated carbocycles. The maximum absolute atomic E-state index is 11.0. The summed E-state index contributed by atoms with van der Waals surface area (Å²) >= 11 is 3.50. The van der Waals surface area contributed by atoms with Gasteiger partial charge in [-0.15, -0.1) is 23.1 Å². The van der Waals surface area contributed by atoms with Crippen molar-refractivity contribution in [3.8, 4) is 0 Å². The minimum atomic E-state index is -0.819. The second-order valence-electron chi connectivity index (χ2n) is 6.66. The van der Waals surface area contributed by atoms with E-state index in [0.29, 0.717) is 5.06 Å². The first-order valence-electron chi connectivity index (χ1n) is 9.49. The van der Waals surface area contributed by atoms with Crippen LogP contribution in [0.2, 0.25) is 0 Å². The van der Waals surface area contributed by atoms with Gasteiger partial charge in [0.2, 0.25) is 0 Å². The van der Waals surface area contributed by atoms with Crippen LogP contribution >= 0.6 is 23.1 Å². The van der Waals surface area contributed by atoms with E-state index in [0.717, 1.165) is 16.5 Å². The van der Waals surface area contributed by atoms with Crippen LogP contribution in [0, 0.1) is 5.92 Å². The number of thiophene rings is 1. The summed E-state index contributed by atoms with van der Waals surface area (Å²) in [5.74, 6) is 2.01. The highest BCUT2D eigenvalue weighted by Gasteiger charge is 2.19. The molecule has 25 heavy (non-hydrogen) atoms. The van der Waals surface area contributed by atoms with Crippen LogP contribution in [-0.2, 0) is 0 Å². The van der Waals surface area contributed by atoms with E-state index < -0.39 is 12.1 Å². The Kier molecular flexibility index (Phi) is 11.3. The van der Waals surface area contributed by atoms with Crippen molar-refractivity contribution >= 4 is 29.1 Å². The van der Waals surface area contributed by atoms with E-state index in [-0.39, 0.29) is 0 Å². The van der Waals surface area contributed by atoms with Gasteiger partial charge in [0.25, 0.3) is 0 Å². The number of unbranched alkanes of at least 4 members (excludes halogenated alkanes) is 2. The molecule has 0 spiro atoms. The molecule has 0 aliphatic rings. The average Bonchev–Trinajstić information content (AvgIpc) is 3.07. The van der Waals surface area contributed by atoms with E-state index in [2.05, 4.69) is 19.9 Å². The van der Waals surface area contributed by atoms with Crippen LogP contribution in [0.4, 0.5) is 4.79 Å². The van der Waals surface area contributed by atoms with Gasteiger partial charge in [0.1, 0.15) is 0 Å². The summed E-state index contributed by atoms with van der Waals surface area (Å²) in [6.45, 7) is 6.32. The van der Waals surface area contributed by atoms with Crippen molar-refractivity contribution in [2.45, 2.75) is 82.4 Å². The predicted molar refractivity (Wildman–Crippen MR) is 108 cm³/mol. The monoisotopic (exact) mass is 386 g/mol. The Bertz CT molecular complexity index is 486. The predicted octanol–water partition coefficient (Wildman–Crippen LogP) is 6.45. The quantitative estimate of drug-likeness (QED) is 0.177. The number of nitrogens with two attached hydrogens (primary N) is 1. The number of nitrogens with zero attached hydrogens (tertiary/aromatic N) is 1. The second kappa shape index (κ2) is 12.6. The lowest BCUT2D eigenvalue weighted by Gasteiger charge is -2.18. The number of hydrogen-bond donors (Lipinski definition) is 2. The number of rotatable bonds is 13. The molecule has 4 nitrogen and oxygen atoms in total. The number of amides is 2. The number of carbonyl (C=O) groups is 1. The van der Waals surface area contributed by atoms with Crippen LogP contribution in [0.3, 0.4) is 0 Å². The molecule has 1 atom stereocenters. The molecule has 0 radical (unpaired) electrons. The average molecular weight is 387 g/mol. The van der Waals surface area contributed by atoms with Crippen molar-refractivity contribution < 1.29 is 10.0 Å². The fourth-order valence-electron chi connectivity index (χ4n) is 2.91. The molecular formula is C19H34N2O2S2. The molecule has 3 N–H and O–H groups in total. The molecule has 2 amide bonds. The first kappa shape index (κ1) is 22.3. The van der Waals surface area contributed by atoms with Crippen molar-refractivity contribution in [3.05, 3.63) is 17.0 Å². The molecule has 1 aromatic rings. The van der Waals surface area contributed by atoms with Gasteiger partial charge in [-0.2, -0.15) is 5.06 Å². The van der Waals surface area contributed by atoms with Gasteiger partial charge in [0.15, 0.2) is 0 Å². The highest BCUT2D eigenvalue weighted by Crippen LogP contribution is 2.33. The highest BCUT2D eigenvalue weighted by atomic mass is 32.2.